The number of aliphatic hydroxyl groups excluding tert-OH is 3. The first-order valence-electron chi connectivity index (χ1n) is 50.5. The first-order chi connectivity index (χ1) is 63.4. The molecule has 0 saturated carbocycles. The quantitative estimate of drug-likeness (QED) is 0.0397. The van der Waals surface area contributed by atoms with Crippen LogP contribution in [0, 0.1) is 66.2 Å². The molecule has 0 radical (unpaired) electrons. The van der Waals surface area contributed by atoms with Gasteiger partial charge in [0.1, 0.15) is 5.75 Å². The average Bonchev–Trinajstić information content (AvgIpc) is 1.22. The molecular weight excluding hydrogens is 1660 g/mol. The summed E-state index contributed by atoms with van der Waals surface area (Å²) < 4.78 is 0. The van der Waals surface area contributed by atoms with Gasteiger partial charge in [0.05, 0.1) is 31.2 Å². The molecule has 2 saturated heterocycles. The maximum absolute atomic E-state index is 9.35. The van der Waals surface area contributed by atoms with E-state index in [1.165, 1.54) is 151 Å². The molecule has 0 bridgehead atoms. The van der Waals surface area contributed by atoms with Crippen molar-refractivity contribution in [3.05, 3.63) is 323 Å². The summed E-state index contributed by atoms with van der Waals surface area (Å²) >= 11 is 0. The van der Waals surface area contributed by atoms with Crippen LogP contribution in [0.3, 0.4) is 0 Å². The molecular formula is C122H193N9O4. The Labute approximate surface area is 826 Å². The molecule has 0 aliphatic carbocycles. The molecule has 135 heavy (non-hydrogen) atoms. The van der Waals surface area contributed by atoms with Crippen LogP contribution in [0.4, 0.5) is 5.69 Å². The van der Waals surface area contributed by atoms with Crippen molar-refractivity contribution in [3.8, 4) is 5.75 Å². The molecule has 8 N–H and O–H groups in total. The number of aliphatic hydroxyl groups is 3. The van der Waals surface area contributed by atoms with Gasteiger partial charge in [0.25, 0.3) is 0 Å². The van der Waals surface area contributed by atoms with Crippen LogP contribution >= 0.6 is 0 Å². The van der Waals surface area contributed by atoms with Crippen LogP contribution in [0.25, 0.3) is 0 Å². The van der Waals surface area contributed by atoms with Crippen molar-refractivity contribution in [1.29, 1.82) is 0 Å². The fourth-order valence-electron chi connectivity index (χ4n) is 16.1. The minimum Gasteiger partial charge on any atom is -0.508 e. The number of nitrogens with zero attached hydrogens (tertiary/aromatic N) is 7. The predicted molar refractivity (Wildman–Crippen MR) is 589 cm³/mol. The number of phenolic OH excluding ortho intramolecular Hbond substituents is 1. The van der Waals surface area contributed by atoms with E-state index in [1.807, 2.05) is 56.6 Å². The van der Waals surface area contributed by atoms with Gasteiger partial charge >= 0.3 is 0 Å². The number of phenols is 1. The van der Waals surface area contributed by atoms with Gasteiger partial charge in [-0.2, -0.15) is 0 Å². The van der Waals surface area contributed by atoms with E-state index in [2.05, 4.69) is 418 Å². The molecule has 2 atom stereocenters. The van der Waals surface area contributed by atoms with Crippen LogP contribution < -0.4 is 11.5 Å². The summed E-state index contributed by atoms with van der Waals surface area (Å²) in [6.07, 6.45) is 11.4. The Bertz CT molecular complexity index is 4740. The van der Waals surface area contributed by atoms with Gasteiger partial charge in [-0.25, -0.2) is 0 Å². The van der Waals surface area contributed by atoms with Crippen molar-refractivity contribution in [3.63, 3.8) is 0 Å². The normalized spacial score (nSPS) is 13.3. The van der Waals surface area contributed by atoms with E-state index in [4.69, 9.17) is 26.8 Å². The monoisotopic (exact) mass is 1850 g/mol. The largest absolute Gasteiger partial charge is 0.508 e. The van der Waals surface area contributed by atoms with Crippen molar-refractivity contribution < 1.29 is 20.4 Å². The van der Waals surface area contributed by atoms with Gasteiger partial charge in [-0.15, -0.1) is 0 Å². The smallest absolute Gasteiger partial charge is 0.118 e. The molecule has 13 heteroatoms. The lowest BCUT2D eigenvalue weighted by molar-refractivity contribution is 0.185. The van der Waals surface area contributed by atoms with E-state index in [9.17, 15) is 5.11 Å². The summed E-state index contributed by atoms with van der Waals surface area (Å²) in [5.74, 6) is 8.86. The number of hydrogen-bond donors (Lipinski definition) is 6. The maximum atomic E-state index is 9.35. The van der Waals surface area contributed by atoms with Crippen LogP contribution in [-0.2, 0) is 32.9 Å². The Morgan fingerprint density at radius 1 is 0.415 bits per heavy atom. The van der Waals surface area contributed by atoms with Gasteiger partial charge in [0.15, 0.2) is 0 Å². The van der Waals surface area contributed by atoms with Crippen molar-refractivity contribution >= 4 is 5.69 Å². The second-order valence-electron chi connectivity index (χ2n) is 41.5. The number of nitrogens with two attached hydrogens (primary N) is 2. The first-order valence-corrected chi connectivity index (χ1v) is 50.5. The summed E-state index contributed by atoms with van der Waals surface area (Å²) in [7, 11) is 10.6. The van der Waals surface area contributed by atoms with Gasteiger partial charge in [-0.05, 0) is 356 Å². The Hall–Kier alpha value is -8.73. The molecule has 7 aromatic carbocycles. The van der Waals surface area contributed by atoms with Gasteiger partial charge in [0.2, 0.25) is 0 Å². The fraction of sp³-hybridized carbons (Fsp3) is 0.533. The predicted octanol–water partition coefficient (Wildman–Crippen LogP) is 30.1. The molecule has 3 aromatic heterocycles. The van der Waals surface area contributed by atoms with E-state index in [0.717, 1.165) is 58.5 Å². The Kier molecular flexibility index (Phi) is 61.4. The number of rotatable bonds is 20. The molecule has 5 heterocycles. The lowest BCUT2D eigenvalue weighted by atomic mass is 9.87. The third-order valence-electron chi connectivity index (χ3n) is 25.4. The average molecular weight is 1850 g/mol. The highest BCUT2D eigenvalue weighted by molar-refractivity contribution is 5.51. The second kappa shape index (κ2) is 66.7. The summed E-state index contributed by atoms with van der Waals surface area (Å²) in [6, 6.07) is 60.4. The topological polar surface area (TPSA) is 185 Å². The van der Waals surface area contributed by atoms with E-state index in [1.54, 1.807) is 18.5 Å². The standard InChI is InChI=1S/C13H21N.C12H19N.3C10H15NO.2C10H15N.C10H14O.2C10H14.C9H19N.C8H17N/c1-10(2)12-6-8-13(9-7-12)11(3)14(4)5;1-10(2)12-7-5-11(6-8-12)9-13(3)4;1-7(2)10-5-11-4-9(6-12)8(10)3;1-7(2)10-5-11-9(6-12)4-8(10)3;1-7(2)10-8(3)4-5-11-9(10)6-12;1-7(2)9-5-4-6-10(11)8(9)3;1-8(2)10-5-3-4-9(6-10)7-11;1-7(2)9-5-4-6-10(11)8(9)3;1-8(2)10-6-4-5-9(3)7-10;1-8(2)10-7-5-4-6-9(10)3;1-8(2)9-4-6-10(3)7-5-9;1-7(2)9-5-4-8(3)6-9/h6-11H,1-5H3;5-8,10H,9H2,1-4H3;3*4-5,7,12H,6H2,1-3H3;4-7H,11H2,1-3H3;3-6,8H,7,11H2,1-2H3;4-7,11H,1-3H3;2*4-8H,1-3H3;8-9H,4-7H2,1-3H3;7-8H,4-6H2,1-3H3. The third kappa shape index (κ3) is 48.4. The van der Waals surface area contributed by atoms with Crippen LogP contribution in [0.2, 0.25) is 0 Å². The zero-order chi connectivity index (χ0) is 103. The van der Waals surface area contributed by atoms with Crippen molar-refractivity contribution in [2.75, 3.05) is 67.2 Å². The van der Waals surface area contributed by atoms with Gasteiger partial charge in [0, 0.05) is 62.2 Å². The van der Waals surface area contributed by atoms with E-state index < -0.39 is 0 Å². The van der Waals surface area contributed by atoms with Crippen LogP contribution in [0.15, 0.2) is 195 Å². The number of pyridine rings is 3. The van der Waals surface area contributed by atoms with Crippen LogP contribution in [0.1, 0.15) is 393 Å². The Balaban J connectivity index is 0.000000737. The number of aryl methyl sites for hydroxylation is 4. The SMILES string of the molecule is CC(C)C1CCN(C)CC1.CC(C)c1ccc(C(C)N(C)C)cc1.CC(C)c1ccc(CN(C)C)cc1.CC(C)c1cccc(CN)c1.CC1CCN(C(C)C)C1.Cc1c(CO)cncc1C(C)C.Cc1c(N)cccc1C(C)C.Cc1c(O)cccc1C(C)C.Cc1cc(CO)ncc1C(C)C.Cc1cccc(C(C)C)c1.Cc1ccccc1C(C)C.Cc1ccnc(CO)c1C(C)C. The second-order valence-corrected chi connectivity index (χ2v) is 41.5. The highest BCUT2D eigenvalue weighted by Gasteiger charge is 2.22. The number of benzene rings is 7. The molecule has 750 valence electrons. The number of aromatic hydroxyl groups is 1. The molecule has 2 aliphatic rings. The zero-order valence-corrected chi connectivity index (χ0v) is 92.2. The molecule has 2 fully saturated rings. The Morgan fingerprint density at radius 3 is 1.30 bits per heavy atom. The highest BCUT2D eigenvalue weighted by atomic mass is 16.3. The van der Waals surface area contributed by atoms with Crippen molar-refractivity contribution in [1.82, 2.24) is 34.6 Å². The number of nitrogen functional groups attached to an aromatic ring is 1. The third-order valence-corrected chi connectivity index (χ3v) is 25.4. The zero-order valence-electron chi connectivity index (χ0n) is 92.2. The highest BCUT2D eigenvalue weighted by Crippen LogP contribution is 2.30. The number of likely N-dealkylation sites (tertiary alicyclic amines) is 2. The van der Waals surface area contributed by atoms with Crippen molar-refractivity contribution in [2.45, 2.75) is 352 Å². The summed E-state index contributed by atoms with van der Waals surface area (Å²) in [4.78, 5) is 21.7. The summed E-state index contributed by atoms with van der Waals surface area (Å²) in [5, 5.41) is 36.2. The number of hydrogen-bond acceptors (Lipinski definition) is 13. The van der Waals surface area contributed by atoms with Gasteiger partial charge < -0.3 is 51.5 Å². The first kappa shape index (κ1) is 124. The molecule has 10 aromatic rings. The van der Waals surface area contributed by atoms with Gasteiger partial charge in [-0.1, -0.05) is 310 Å². The Morgan fingerprint density at radius 2 is 0.904 bits per heavy atom. The molecule has 13 nitrogen and oxygen atoms in total. The lowest BCUT2D eigenvalue weighted by Gasteiger charge is -2.31. The van der Waals surface area contributed by atoms with E-state index in [0.29, 0.717) is 77.5 Å². The minimum atomic E-state index is 0.0270. The lowest BCUT2D eigenvalue weighted by Crippen LogP contribution is -2.32. The number of aromatic nitrogens is 3. The molecule has 0 spiro atoms. The van der Waals surface area contributed by atoms with E-state index in [-0.39, 0.29) is 19.8 Å². The van der Waals surface area contributed by atoms with Gasteiger partial charge in [-0.3, -0.25) is 15.0 Å². The maximum Gasteiger partial charge on any atom is 0.118 e. The molecule has 2 aliphatic heterocycles. The molecule has 0 amide bonds. The van der Waals surface area contributed by atoms with E-state index >= 15 is 0 Å². The minimum absolute atomic E-state index is 0.0270. The fourth-order valence-corrected chi connectivity index (χ4v) is 16.1. The molecule has 2 unspecified atom stereocenters. The van der Waals surface area contributed by atoms with Crippen LogP contribution in [0.5, 0.6) is 5.75 Å². The van der Waals surface area contributed by atoms with Crippen molar-refractivity contribution in [2.24, 2.45) is 23.5 Å². The number of piperidine rings is 1. The summed E-state index contributed by atoms with van der Waals surface area (Å²) in [6.45, 7) is 78.9. The van der Waals surface area contributed by atoms with Crippen LogP contribution in [-0.4, -0.2) is 122 Å². The number of anilines is 1. The summed E-state index contributed by atoms with van der Waals surface area (Å²) in [5.41, 5.74) is 40.6. The molecule has 12 rings (SSSR count).